The molecule has 0 aliphatic rings. The molecule has 0 radical (unpaired) electrons. The summed E-state index contributed by atoms with van der Waals surface area (Å²) in [6, 6.07) is 7.70. The third-order valence-corrected chi connectivity index (χ3v) is 3.20. The SMILES string of the molecule is CC(C)Cc1ccc(C(=O)CCC(=O)NCCCN)cc1. The van der Waals surface area contributed by atoms with Crippen LogP contribution in [-0.2, 0) is 11.2 Å². The van der Waals surface area contributed by atoms with E-state index in [0.29, 0.717) is 24.6 Å². The summed E-state index contributed by atoms with van der Waals surface area (Å²) in [5, 5.41) is 2.75. The van der Waals surface area contributed by atoms with Crippen LogP contribution < -0.4 is 11.1 Å². The summed E-state index contributed by atoms with van der Waals surface area (Å²) in [6.07, 6.45) is 2.25. The summed E-state index contributed by atoms with van der Waals surface area (Å²) in [7, 11) is 0. The number of carbonyl (C=O) groups excluding carboxylic acids is 2. The van der Waals surface area contributed by atoms with Crippen molar-refractivity contribution >= 4 is 11.7 Å². The smallest absolute Gasteiger partial charge is 0.220 e. The van der Waals surface area contributed by atoms with Gasteiger partial charge < -0.3 is 11.1 Å². The molecule has 0 saturated heterocycles. The first-order chi connectivity index (χ1) is 10.0. The summed E-state index contributed by atoms with van der Waals surface area (Å²) >= 11 is 0. The maximum absolute atomic E-state index is 12.0. The van der Waals surface area contributed by atoms with Crippen molar-refractivity contribution in [2.45, 2.75) is 39.5 Å². The molecule has 116 valence electrons. The molecule has 0 atom stereocenters. The zero-order valence-corrected chi connectivity index (χ0v) is 13.0. The van der Waals surface area contributed by atoms with Crippen LogP contribution in [0.2, 0.25) is 0 Å². The van der Waals surface area contributed by atoms with E-state index in [1.54, 1.807) is 0 Å². The predicted molar refractivity (Wildman–Crippen MR) is 85.2 cm³/mol. The topological polar surface area (TPSA) is 72.2 Å². The lowest BCUT2D eigenvalue weighted by Gasteiger charge is -2.06. The Morgan fingerprint density at radius 2 is 1.81 bits per heavy atom. The Hall–Kier alpha value is -1.68. The van der Waals surface area contributed by atoms with Gasteiger partial charge in [0.1, 0.15) is 0 Å². The first-order valence-electron chi connectivity index (χ1n) is 7.62. The monoisotopic (exact) mass is 290 g/mol. The highest BCUT2D eigenvalue weighted by Gasteiger charge is 2.09. The second-order valence-electron chi connectivity index (χ2n) is 5.71. The summed E-state index contributed by atoms with van der Waals surface area (Å²) in [5.74, 6) is 0.525. The summed E-state index contributed by atoms with van der Waals surface area (Å²) in [4.78, 5) is 23.5. The Morgan fingerprint density at radius 1 is 1.14 bits per heavy atom. The molecular formula is C17H26N2O2. The Balaban J connectivity index is 2.39. The van der Waals surface area contributed by atoms with Gasteiger partial charge in [0.15, 0.2) is 5.78 Å². The van der Waals surface area contributed by atoms with E-state index in [1.807, 2.05) is 24.3 Å². The Kier molecular flexibility index (Phi) is 7.69. The number of rotatable bonds is 9. The average molecular weight is 290 g/mol. The lowest BCUT2D eigenvalue weighted by Crippen LogP contribution is -2.26. The first-order valence-corrected chi connectivity index (χ1v) is 7.62. The van der Waals surface area contributed by atoms with Crippen molar-refractivity contribution in [1.82, 2.24) is 5.32 Å². The van der Waals surface area contributed by atoms with E-state index in [4.69, 9.17) is 5.73 Å². The van der Waals surface area contributed by atoms with Crippen molar-refractivity contribution in [3.63, 3.8) is 0 Å². The van der Waals surface area contributed by atoms with Crippen LogP contribution in [0.3, 0.4) is 0 Å². The molecule has 0 bridgehead atoms. The van der Waals surface area contributed by atoms with E-state index in [1.165, 1.54) is 5.56 Å². The van der Waals surface area contributed by atoms with Gasteiger partial charge in [-0.1, -0.05) is 38.1 Å². The van der Waals surface area contributed by atoms with Crippen molar-refractivity contribution in [3.8, 4) is 0 Å². The highest BCUT2D eigenvalue weighted by Crippen LogP contribution is 2.11. The Labute approximate surface area is 127 Å². The van der Waals surface area contributed by atoms with E-state index in [0.717, 1.165) is 12.8 Å². The fourth-order valence-electron chi connectivity index (χ4n) is 2.09. The van der Waals surface area contributed by atoms with Gasteiger partial charge in [0, 0.05) is 24.9 Å². The van der Waals surface area contributed by atoms with Crippen LogP contribution in [0, 0.1) is 5.92 Å². The molecule has 0 heterocycles. The molecule has 0 saturated carbocycles. The normalized spacial score (nSPS) is 10.7. The number of ketones is 1. The van der Waals surface area contributed by atoms with Crippen molar-refractivity contribution in [2.24, 2.45) is 11.7 Å². The fraction of sp³-hybridized carbons (Fsp3) is 0.529. The van der Waals surface area contributed by atoms with Gasteiger partial charge in [0.25, 0.3) is 0 Å². The Bertz CT molecular complexity index is 452. The third-order valence-electron chi connectivity index (χ3n) is 3.20. The van der Waals surface area contributed by atoms with Crippen LogP contribution in [0.15, 0.2) is 24.3 Å². The molecule has 1 amide bonds. The molecule has 4 nitrogen and oxygen atoms in total. The van der Waals surface area contributed by atoms with Crippen LogP contribution in [0.4, 0.5) is 0 Å². The second kappa shape index (κ2) is 9.29. The average Bonchev–Trinajstić information content (AvgIpc) is 2.45. The van der Waals surface area contributed by atoms with Gasteiger partial charge in [-0.05, 0) is 30.9 Å². The van der Waals surface area contributed by atoms with Crippen molar-refractivity contribution in [2.75, 3.05) is 13.1 Å². The predicted octanol–water partition coefficient (Wildman–Crippen LogP) is 2.31. The van der Waals surface area contributed by atoms with Gasteiger partial charge in [-0.2, -0.15) is 0 Å². The molecule has 4 heteroatoms. The largest absolute Gasteiger partial charge is 0.356 e. The molecule has 21 heavy (non-hydrogen) atoms. The lowest BCUT2D eigenvalue weighted by atomic mass is 9.99. The second-order valence-corrected chi connectivity index (χ2v) is 5.71. The van der Waals surface area contributed by atoms with Crippen LogP contribution in [0.1, 0.15) is 49.0 Å². The number of hydrogen-bond acceptors (Lipinski definition) is 3. The molecule has 0 aliphatic carbocycles. The van der Waals surface area contributed by atoms with Crippen LogP contribution in [-0.4, -0.2) is 24.8 Å². The molecule has 0 unspecified atom stereocenters. The standard InChI is InChI=1S/C17H26N2O2/c1-13(2)12-14-4-6-15(7-5-14)16(20)8-9-17(21)19-11-3-10-18/h4-7,13H,3,8-12,18H2,1-2H3,(H,19,21). The molecule has 0 aliphatic heterocycles. The van der Waals surface area contributed by atoms with E-state index in [2.05, 4.69) is 19.2 Å². The summed E-state index contributed by atoms with van der Waals surface area (Å²) < 4.78 is 0. The molecule has 0 spiro atoms. The minimum atomic E-state index is -0.0896. The van der Waals surface area contributed by atoms with E-state index >= 15 is 0 Å². The van der Waals surface area contributed by atoms with E-state index in [9.17, 15) is 9.59 Å². The summed E-state index contributed by atoms with van der Waals surface area (Å²) in [5.41, 5.74) is 7.26. The zero-order chi connectivity index (χ0) is 15.7. The molecule has 1 rings (SSSR count). The van der Waals surface area contributed by atoms with Crippen LogP contribution in [0.25, 0.3) is 0 Å². The fourth-order valence-corrected chi connectivity index (χ4v) is 2.09. The minimum absolute atomic E-state index is 0.0140. The van der Waals surface area contributed by atoms with Crippen molar-refractivity contribution < 1.29 is 9.59 Å². The molecule has 1 aromatic carbocycles. The van der Waals surface area contributed by atoms with Gasteiger partial charge in [0.2, 0.25) is 5.91 Å². The van der Waals surface area contributed by atoms with Crippen LogP contribution in [0.5, 0.6) is 0 Å². The molecule has 0 aromatic heterocycles. The van der Waals surface area contributed by atoms with Crippen LogP contribution >= 0.6 is 0 Å². The number of amides is 1. The van der Waals surface area contributed by atoms with Gasteiger partial charge in [-0.25, -0.2) is 0 Å². The first kappa shape index (κ1) is 17.4. The Morgan fingerprint density at radius 3 is 2.38 bits per heavy atom. The number of nitrogens with one attached hydrogen (secondary N) is 1. The number of benzene rings is 1. The van der Waals surface area contributed by atoms with E-state index in [-0.39, 0.29) is 24.5 Å². The van der Waals surface area contributed by atoms with Crippen molar-refractivity contribution in [1.29, 1.82) is 0 Å². The van der Waals surface area contributed by atoms with Crippen molar-refractivity contribution in [3.05, 3.63) is 35.4 Å². The number of nitrogens with two attached hydrogens (primary N) is 1. The lowest BCUT2D eigenvalue weighted by molar-refractivity contribution is -0.121. The minimum Gasteiger partial charge on any atom is -0.356 e. The maximum Gasteiger partial charge on any atom is 0.220 e. The molecular weight excluding hydrogens is 264 g/mol. The van der Waals surface area contributed by atoms with Gasteiger partial charge >= 0.3 is 0 Å². The number of hydrogen-bond donors (Lipinski definition) is 2. The molecule has 3 N–H and O–H groups in total. The van der Waals surface area contributed by atoms with Gasteiger partial charge in [-0.15, -0.1) is 0 Å². The van der Waals surface area contributed by atoms with E-state index < -0.39 is 0 Å². The highest BCUT2D eigenvalue weighted by molar-refractivity contribution is 5.97. The van der Waals surface area contributed by atoms with Gasteiger partial charge in [0.05, 0.1) is 0 Å². The zero-order valence-electron chi connectivity index (χ0n) is 13.0. The number of Topliss-reactive ketones (excluding diaryl/α,β-unsaturated/α-hetero) is 1. The molecule has 0 fully saturated rings. The highest BCUT2D eigenvalue weighted by atomic mass is 16.2. The number of carbonyl (C=O) groups is 2. The maximum atomic E-state index is 12.0. The molecule has 1 aromatic rings. The summed E-state index contributed by atoms with van der Waals surface area (Å²) in [6.45, 7) is 5.47. The van der Waals surface area contributed by atoms with Gasteiger partial charge in [-0.3, -0.25) is 9.59 Å². The third kappa shape index (κ3) is 7.04. The quantitative estimate of drug-likeness (QED) is 0.541.